The minimum absolute atomic E-state index is 0.172. The van der Waals surface area contributed by atoms with E-state index in [1.807, 2.05) is 0 Å². The number of alkyl halides is 4. The Balaban J connectivity index is 3.09. The van der Waals surface area contributed by atoms with Crippen LogP contribution in [-0.2, 0) is 4.79 Å². The van der Waals surface area contributed by atoms with Crippen molar-refractivity contribution in [3.05, 3.63) is 23.3 Å². The van der Waals surface area contributed by atoms with Crippen LogP contribution in [0.1, 0.15) is 13.3 Å². The molecule has 78 valence electrons. The zero-order chi connectivity index (χ0) is 10.9. The third-order valence-corrected chi connectivity index (χ3v) is 1.87. The Hall–Kier alpha value is -1.13. The van der Waals surface area contributed by atoms with E-state index in [0.29, 0.717) is 6.08 Å². The highest BCUT2D eigenvalue weighted by molar-refractivity contribution is 5.98. The molecule has 0 radical (unpaired) electrons. The molecule has 1 rings (SSSR count). The van der Waals surface area contributed by atoms with Crippen molar-refractivity contribution in [2.75, 3.05) is 0 Å². The first-order valence-corrected chi connectivity index (χ1v) is 3.97. The first-order valence-electron chi connectivity index (χ1n) is 3.97. The lowest BCUT2D eigenvalue weighted by Gasteiger charge is -2.18. The van der Waals surface area contributed by atoms with Gasteiger partial charge >= 0.3 is 6.18 Å². The highest BCUT2D eigenvalue weighted by Gasteiger charge is 2.39. The Bertz CT molecular complexity index is 311. The first-order chi connectivity index (χ1) is 6.32. The predicted molar refractivity (Wildman–Crippen MR) is 42.4 cm³/mol. The molecule has 1 unspecified atom stereocenters. The topological polar surface area (TPSA) is 17.1 Å². The summed E-state index contributed by atoms with van der Waals surface area (Å²) >= 11 is 0. The summed E-state index contributed by atoms with van der Waals surface area (Å²) in [6, 6.07) is 0. The molecule has 1 atom stereocenters. The molecule has 0 amide bonds. The molecule has 0 fully saturated rings. The molecule has 1 nitrogen and oxygen atoms in total. The summed E-state index contributed by atoms with van der Waals surface area (Å²) in [7, 11) is 0. The van der Waals surface area contributed by atoms with Gasteiger partial charge in [0.25, 0.3) is 0 Å². The summed E-state index contributed by atoms with van der Waals surface area (Å²) in [6.07, 6.45) is -5.04. The van der Waals surface area contributed by atoms with Gasteiger partial charge < -0.3 is 0 Å². The smallest absolute Gasteiger partial charge is 0.295 e. The van der Waals surface area contributed by atoms with Gasteiger partial charge in [0.2, 0.25) is 0 Å². The van der Waals surface area contributed by atoms with Crippen LogP contribution in [0.4, 0.5) is 17.6 Å². The molecular formula is C9H8F4O. The number of halogens is 4. The van der Waals surface area contributed by atoms with Crippen LogP contribution in [-0.4, -0.2) is 18.1 Å². The molecule has 5 heteroatoms. The van der Waals surface area contributed by atoms with E-state index in [-0.39, 0.29) is 6.42 Å². The monoisotopic (exact) mass is 208 g/mol. The van der Waals surface area contributed by atoms with Gasteiger partial charge in [-0.3, -0.25) is 4.79 Å². The third-order valence-electron chi connectivity index (χ3n) is 1.87. The Kier molecular flexibility index (Phi) is 2.78. The number of carbonyl (C=O) groups excluding carboxylic acids is 1. The summed E-state index contributed by atoms with van der Waals surface area (Å²) < 4.78 is 49.6. The van der Waals surface area contributed by atoms with Gasteiger partial charge in [-0.1, -0.05) is 6.08 Å². The number of Topliss-reactive ketones (excluding diaryl/α,β-unsaturated/α-hetero) is 1. The number of hydrogen-bond acceptors (Lipinski definition) is 1. The van der Waals surface area contributed by atoms with Crippen LogP contribution >= 0.6 is 0 Å². The van der Waals surface area contributed by atoms with Crippen LogP contribution in [0.15, 0.2) is 23.3 Å². The summed E-state index contributed by atoms with van der Waals surface area (Å²) in [6.45, 7) is 1.03. The second-order valence-electron chi connectivity index (χ2n) is 3.00. The van der Waals surface area contributed by atoms with Crippen molar-refractivity contribution in [3.63, 3.8) is 0 Å². The maximum Gasteiger partial charge on any atom is 0.416 e. The molecule has 0 heterocycles. The molecule has 0 saturated carbocycles. The van der Waals surface area contributed by atoms with E-state index in [1.54, 1.807) is 0 Å². The summed E-state index contributed by atoms with van der Waals surface area (Å²) in [5, 5.41) is 0. The van der Waals surface area contributed by atoms with Crippen molar-refractivity contribution in [1.82, 2.24) is 0 Å². The average Bonchev–Trinajstić information content (AvgIpc) is 2.01. The van der Waals surface area contributed by atoms with Gasteiger partial charge in [-0.25, -0.2) is 4.39 Å². The number of hydrogen-bond donors (Lipinski definition) is 0. The second-order valence-corrected chi connectivity index (χ2v) is 3.00. The van der Waals surface area contributed by atoms with Crippen molar-refractivity contribution in [1.29, 1.82) is 0 Å². The summed E-state index contributed by atoms with van der Waals surface area (Å²) in [4.78, 5) is 10.8. The molecule has 1 aliphatic rings. The van der Waals surface area contributed by atoms with Crippen molar-refractivity contribution in [2.24, 2.45) is 0 Å². The minimum atomic E-state index is -4.66. The van der Waals surface area contributed by atoms with Crippen molar-refractivity contribution < 1.29 is 22.4 Å². The van der Waals surface area contributed by atoms with E-state index >= 15 is 0 Å². The molecule has 0 spiro atoms. The maximum atomic E-state index is 12.7. The van der Waals surface area contributed by atoms with Gasteiger partial charge in [0.05, 0.1) is 5.57 Å². The van der Waals surface area contributed by atoms with Crippen LogP contribution in [0.2, 0.25) is 0 Å². The number of rotatable bonds is 1. The SMILES string of the molecule is CC(=O)C1=CCC(F)C=C1C(F)(F)F. The molecular weight excluding hydrogens is 200 g/mol. The first kappa shape index (κ1) is 10.9. The van der Waals surface area contributed by atoms with E-state index in [0.717, 1.165) is 13.0 Å². The van der Waals surface area contributed by atoms with Gasteiger partial charge in [-0.05, 0) is 13.0 Å². The lowest BCUT2D eigenvalue weighted by atomic mass is 9.94. The summed E-state index contributed by atoms with van der Waals surface area (Å²) in [5.41, 5.74) is -1.60. The van der Waals surface area contributed by atoms with Crippen LogP contribution < -0.4 is 0 Å². The van der Waals surface area contributed by atoms with Crippen molar-refractivity contribution >= 4 is 5.78 Å². The fourth-order valence-corrected chi connectivity index (χ4v) is 1.26. The molecule has 14 heavy (non-hydrogen) atoms. The zero-order valence-corrected chi connectivity index (χ0v) is 7.36. The van der Waals surface area contributed by atoms with E-state index in [2.05, 4.69) is 0 Å². The molecule has 0 aromatic carbocycles. The quantitative estimate of drug-likeness (QED) is 0.605. The fraction of sp³-hybridized carbons (Fsp3) is 0.444. The Morgan fingerprint density at radius 3 is 2.50 bits per heavy atom. The Labute approximate surface area is 78.1 Å². The van der Waals surface area contributed by atoms with Crippen molar-refractivity contribution in [2.45, 2.75) is 25.7 Å². The fourth-order valence-electron chi connectivity index (χ4n) is 1.26. The second kappa shape index (κ2) is 3.55. The highest BCUT2D eigenvalue weighted by Crippen LogP contribution is 2.35. The molecule has 0 N–H and O–H groups in total. The average molecular weight is 208 g/mol. The zero-order valence-electron chi connectivity index (χ0n) is 7.36. The third kappa shape index (κ3) is 2.21. The largest absolute Gasteiger partial charge is 0.416 e. The van der Waals surface area contributed by atoms with Gasteiger partial charge in [-0.2, -0.15) is 13.2 Å². The van der Waals surface area contributed by atoms with Gasteiger partial charge in [-0.15, -0.1) is 0 Å². The molecule has 0 aromatic heterocycles. The molecule has 1 aliphatic carbocycles. The van der Waals surface area contributed by atoms with Crippen LogP contribution in [0.5, 0.6) is 0 Å². The lowest BCUT2D eigenvalue weighted by Crippen LogP contribution is -2.21. The van der Waals surface area contributed by atoms with Gasteiger partial charge in [0.1, 0.15) is 6.17 Å². The molecule has 0 saturated heterocycles. The van der Waals surface area contributed by atoms with E-state index in [4.69, 9.17) is 0 Å². The molecule has 0 aromatic rings. The number of carbonyl (C=O) groups is 1. The predicted octanol–water partition coefficient (Wildman–Crippen LogP) is 2.73. The number of ketones is 1. The van der Waals surface area contributed by atoms with Crippen LogP contribution in [0.25, 0.3) is 0 Å². The maximum absolute atomic E-state index is 12.7. The van der Waals surface area contributed by atoms with E-state index < -0.39 is 29.3 Å². The van der Waals surface area contributed by atoms with Gasteiger partial charge in [0, 0.05) is 12.0 Å². The minimum Gasteiger partial charge on any atom is -0.295 e. The van der Waals surface area contributed by atoms with E-state index in [9.17, 15) is 22.4 Å². The van der Waals surface area contributed by atoms with Crippen LogP contribution in [0, 0.1) is 0 Å². The summed E-state index contributed by atoms with van der Waals surface area (Å²) in [5.74, 6) is -0.694. The number of allylic oxidation sites excluding steroid dienone is 4. The van der Waals surface area contributed by atoms with Crippen LogP contribution in [0.3, 0.4) is 0 Å². The molecule has 0 bridgehead atoms. The Morgan fingerprint density at radius 2 is 2.07 bits per heavy atom. The van der Waals surface area contributed by atoms with Gasteiger partial charge in [0.15, 0.2) is 5.78 Å². The lowest BCUT2D eigenvalue weighted by molar-refractivity contribution is -0.116. The standard InChI is InChI=1S/C9H8F4O/c1-5(14)7-3-2-6(10)4-8(7)9(11,12)13/h3-4,6H,2H2,1H3. The Morgan fingerprint density at radius 1 is 1.50 bits per heavy atom. The van der Waals surface area contributed by atoms with E-state index in [1.165, 1.54) is 0 Å². The molecule has 0 aliphatic heterocycles. The highest BCUT2D eigenvalue weighted by atomic mass is 19.4. The normalized spacial score (nSPS) is 22.8. The van der Waals surface area contributed by atoms with Crippen molar-refractivity contribution in [3.8, 4) is 0 Å².